The fraction of sp³-hybridized carbons (Fsp3) is 0.273. The van der Waals surface area contributed by atoms with E-state index in [0.29, 0.717) is 12.1 Å². The van der Waals surface area contributed by atoms with Gasteiger partial charge in [-0.3, -0.25) is 4.79 Å². The molecule has 1 aromatic carbocycles. The van der Waals surface area contributed by atoms with Gasteiger partial charge in [0, 0.05) is 31.4 Å². The maximum Gasteiger partial charge on any atom is 0.321 e. The van der Waals surface area contributed by atoms with Gasteiger partial charge in [0.05, 0.1) is 6.42 Å². The van der Waals surface area contributed by atoms with Crippen molar-refractivity contribution in [2.24, 2.45) is 0 Å². The second-order valence-electron chi connectivity index (χ2n) is 3.75. The van der Waals surface area contributed by atoms with Gasteiger partial charge in [0.2, 0.25) is 0 Å². The average Bonchev–Trinajstić information content (AvgIpc) is 2.32. The van der Waals surface area contributed by atoms with Crippen molar-refractivity contribution in [3.8, 4) is 0 Å². The molecule has 19 heavy (non-hydrogen) atoms. The van der Waals surface area contributed by atoms with Crippen molar-refractivity contribution >= 4 is 17.7 Å². The van der Waals surface area contributed by atoms with Gasteiger partial charge in [-0.25, -0.2) is 18.0 Å². The quantitative estimate of drug-likeness (QED) is 0.827. The molecule has 0 spiro atoms. The van der Waals surface area contributed by atoms with Gasteiger partial charge in [0.25, 0.3) is 0 Å². The van der Waals surface area contributed by atoms with E-state index in [1.807, 2.05) is 0 Å². The SMILES string of the molecule is CN(CCC(=O)O)C(=O)Nc1cc(F)c(F)c(F)c1. The number of halogens is 3. The lowest BCUT2D eigenvalue weighted by Crippen LogP contribution is -2.33. The molecule has 2 amide bonds. The number of carbonyl (C=O) groups is 2. The van der Waals surface area contributed by atoms with Gasteiger partial charge < -0.3 is 15.3 Å². The Morgan fingerprint density at radius 2 is 1.79 bits per heavy atom. The van der Waals surface area contributed by atoms with Crippen molar-refractivity contribution in [2.75, 3.05) is 18.9 Å². The van der Waals surface area contributed by atoms with Crippen molar-refractivity contribution < 1.29 is 27.9 Å². The molecular formula is C11H11F3N2O3. The van der Waals surface area contributed by atoms with E-state index < -0.39 is 29.5 Å². The molecule has 1 aromatic rings. The van der Waals surface area contributed by atoms with E-state index in [9.17, 15) is 22.8 Å². The zero-order valence-corrected chi connectivity index (χ0v) is 9.91. The molecule has 0 aliphatic rings. The first-order chi connectivity index (χ1) is 8.81. The van der Waals surface area contributed by atoms with Crippen molar-refractivity contribution in [1.82, 2.24) is 4.90 Å². The van der Waals surface area contributed by atoms with Gasteiger partial charge in [0.1, 0.15) is 0 Å². The third-order valence-corrected chi connectivity index (χ3v) is 2.24. The van der Waals surface area contributed by atoms with Crippen LogP contribution in [-0.4, -0.2) is 35.6 Å². The summed E-state index contributed by atoms with van der Waals surface area (Å²) in [6.45, 7) is -0.0761. The predicted molar refractivity (Wildman–Crippen MR) is 60.2 cm³/mol. The van der Waals surface area contributed by atoms with Crippen LogP contribution < -0.4 is 5.32 Å². The van der Waals surface area contributed by atoms with Gasteiger partial charge >= 0.3 is 12.0 Å². The summed E-state index contributed by atoms with van der Waals surface area (Å²) in [5, 5.41) is 10.6. The van der Waals surface area contributed by atoms with E-state index in [4.69, 9.17) is 5.11 Å². The summed E-state index contributed by atoms with van der Waals surface area (Å²) in [5.41, 5.74) is -0.261. The van der Waals surface area contributed by atoms with Crippen molar-refractivity contribution in [1.29, 1.82) is 0 Å². The van der Waals surface area contributed by atoms with Crippen LogP contribution >= 0.6 is 0 Å². The first-order valence-electron chi connectivity index (χ1n) is 5.19. The predicted octanol–water partition coefficient (Wildman–Crippen LogP) is 2.04. The Morgan fingerprint density at radius 3 is 2.26 bits per heavy atom. The molecule has 0 heterocycles. The fourth-order valence-electron chi connectivity index (χ4n) is 1.21. The number of carbonyl (C=O) groups excluding carboxylic acids is 1. The lowest BCUT2D eigenvalue weighted by molar-refractivity contribution is -0.137. The Morgan fingerprint density at radius 1 is 1.26 bits per heavy atom. The molecule has 0 bridgehead atoms. The molecule has 0 atom stereocenters. The lowest BCUT2D eigenvalue weighted by atomic mass is 10.3. The molecule has 2 N–H and O–H groups in total. The molecule has 1 rings (SSSR count). The summed E-state index contributed by atoms with van der Waals surface area (Å²) < 4.78 is 38.5. The topological polar surface area (TPSA) is 69.6 Å². The molecule has 0 radical (unpaired) electrons. The summed E-state index contributed by atoms with van der Waals surface area (Å²) in [6.07, 6.45) is -0.268. The van der Waals surface area contributed by atoms with Crippen molar-refractivity contribution in [3.63, 3.8) is 0 Å². The minimum Gasteiger partial charge on any atom is -0.481 e. The average molecular weight is 276 g/mol. The van der Waals surface area contributed by atoms with Crippen molar-refractivity contribution in [2.45, 2.75) is 6.42 Å². The van der Waals surface area contributed by atoms with E-state index >= 15 is 0 Å². The number of aliphatic carboxylic acids is 1. The van der Waals surface area contributed by atoms with Gasteiger partial charge in [-0.1, -0.05) is 0 Å². The summed E-state index contributed by atoms with van der Waals surface area (Å²) in [4.78, 5) is 22.8. The third kappa shape index (κ3) is 4.16. The van der Waals surface area contributed by atoms with Crippen LogP contribution in [-0.2, 0) is 4.79 Å². The lowest BCUT2D eigenvalue weighted by Gasteiger charge is -2.17. The van der Waals surface area contributed by atoms with Gasteiger partial charge in [-0.15, -0.1) is 0 Å². The van der Waals surface area contributed by atoms with E-state index in [1.54, 1.807) is 0 Å². The fourth-order valence-corrected chi connectivity index (χ4v) is 1.21. The normalized spacial score (nSPS) is 10.1. The number of benzene rings is 1. The van der Waals surface area contributed by atoms with Crippen LogP contribution in [0.25, 0.3) is 0 Å². The Hall–Kier alpha value is -2.25. The van der Waals surface area contributed by atoms with Crippen LogP contribution in [0.3, 0.4) is 0 Å². The molecule has 0 aromatic heterocycles. The molecular weight excluding hydrogens is 265 g/mol. The Bertz CT molecular complexity index is 485. The monoisotopic (exact) mass is 276 g/mol. The van der Waals surface area contributed by atoms with Crippen LogP contribution in [0.1, 0.15) is 6.42 Å². The van der Waals surface area contributed by atoms with E-state index in [2.05, 4.69) is 5.32 Å². The largest absolute Gasteiger partial charge is 0.481 e. The highest BCUT2D eigenvalue weighted by Gasteiger charge is 2.14. The standard InChI is InChI=1S/C11H11F3N2O3/c1-16(3-2-9(17)18)11(19)15-6-4-7(12)10(14)8(13)5-6/h4-5H,2-3H2,1H3,(H,15,19)(H,17,18). The first kappa shape index (κ1) is 14.8. The minimum absolute atomic E-state index is 0.0761. The number of carboxylic acid groups (broad SMARTS) is 1. The zero-order chi connectivity index (χ0) is 14.6. The molecule has 0 aliphatic heterocycles. The number of carboxylic acids is 1. The van der Waals surface area contributed by atoms with Crippen molar-refractivity contribution in [3.05, 3.63) is 29.6 Å². The zero-order valence-electron chi connectivity index (χ0n) is 9.91. The molecule has 5 nitrogen and oxygen atoms in total. The highest BCUT2D eigenvalue weighted by Crippen LogP contribution is 2.17. The smallest absolute Gasteiger partial charge is 0.321 e. The molecule has 0 saturated heterocycles. The Labute approximate surface area is 106 Å². The molecule has 0 fully saturated rings. The Kier molecular flexibility index (Phi) is 4.74. The van der Waals surface area contributed by atoms with Crippen LogP contribution in [0.4, 0.5) is 23.7 Å². The summed E-state index contributed by atoms with van der Waals surface area (Å²) >= 11 is 0. The number of rotatable bonds is 4. The van der Waals surface area contributed by atoms with Crippen LogP contribution in [0.15, 0.2) is 12.1 Å². The summed E-state index contributed by atoms with van der Waals surface area (Å²) in [5.74, 6) is -5.57. The van der Waals surface area contributed by atoms with E-state index in [0.717, 1.165) is 4.90 Å². The van der Waals surface area contributed by atoms with Crippen LogP contribution in [0.5, 0.6) is 0 Å². The number of amides is 2. The van der Waals surface area contributed by atoms with Gasteiger partial charge in [-0.05, 0) is 0 Å². The number of hydrogen-bond donors (Lipinski definition) is 2. The number of hydrogen-bond acceptors (Lipinski definition) is 2. The molecule has 104 valence electrons. The third-order valence-electron chi connectivity index (χ3n) is 2.24. The maximum absolute atomic E-state index is 12.9. The van der Waals surface area contributed by atoms with Gasteiger partial charge in [0.15, 0.2) is 17.5 Å². The number of nitrogens with one attached hydrogen (secondary N) is 1. The highest BCUT2D eigenvalue weighted by molar-refractivity contribution is 5.89. The molecule has 0 unspecified atom stereocenters. The molecule has 0 aliphatic carbocycles. The Balaban J connectivity index is 2.69. The highest BCUT2D eigenvalue weighted by atomic mass is 19.2. The molecule has 0 saturated carbocycles. The number of urea groups is 1. The summed E-state index contributed by atoms with van der Waals surface area (Å²) in [6, 6.07) is 0.495. The minimum atomic E-state index is -1.63. The molecule has 8 heteroatoms. The number of anilines is 1. The second kappa shape index (κ2) is 6.07. The van der Waals surface area contributed by atoms with E-state index in [1.165, 1.54) is 7.05 Å². The first-order valence-corrected chi connectivity index (χ1v) is 5.19. The van der Waals surface area contributed by atoms with Gasteiger partial charge in [-0.2, -0.15) is 0 Å². The maximum atomic E-state index is 12.9. The number of nitrogens with zero attached hydrogens (tertiary/aromatic N) is 1. The second-order valence-corrected chi connectivity index (χ2v) is 3.75. The van der Waals surface area contributed by atoms with Crippen LogP contribution in [0, 0.1) is 17.5 Å². The van der Waals surface area contributed by atoms with E-state index in [-0.39, 0.29) is 18.7 Å². The summed E-state index contributed by atoms with van der Waals surface area (Å²) in [7, 11) is 1.31. The van der Waals surface area contributed by atoms with Crippen LogP contribution in [0.2, 0.25) is 0 Å².